The van der Waals surface area contributed by atoms with Crippen LogP contribution in [0.1, 0.15) is 34.9 Å². The number of carbonyl (C=O) groups excluding carboxylic acids is 1. The molecule has 1 saturated heterocycles. The van der Waals surface area contributed by atoms with Gasteiger partial charge in [0.05, 0.1) is 6.10 Å². The molecule has 2 aromatic carbocycles. The fourth-order valence-corrected chi connectivity index (χ4v) is 3.68. The highest BCUT2D eigenvalue weighted by Gasteiger charge is 2.20. The van der Waals surface area contributed by atoms with Gasteiger partial charge >= 0.3 is 0 Å². The van der Waals surface area contributed by atoms with Crippen LogP contribution in [0.3, 0.4) is 0 Å². The predicted molar refractivity (Wildman–Crippen MR) is 109 cm³/mol. The highest BCUT2D eigenvalue weighted by atomic mass is 16.5. The third-order valence-corrected chi connectivity index (χ3v) is 5.31. The number of rotatable bonds is 8. The van der Waals surface area contributed by atoms with Crippen molar-refractivity contribution in [2.45, 2.75) is 18.9 Å². The SMILES string of the molecule is COC(CN1CCCN(CCC(=O)c2ccccc2)CC1)c1ccccc1. The van der Waals surface area contributed by atoms with Gasteiger partial charge in [0.25, 0.3) is 0 Å². The molecule has 0 radical (unpaired) electrons. The second-order valence-corrected chi connectivity index (χ2v) is 7.17. The van der Waals surface area contributed by atoms with Gasteiger partial charge in [-0.1, -0.05) is 60.7 Å². The van der Waals surface area contributed by atoms with E-state index in [1.165, 1.54) is 5.56 Å². The highest BCUT2D eigenvalue weighted by Crippen LogP contribution is 2.18. The minimum absolute atomic E-state index is 0.109. The van der Waals surface area contributed by atoms with E-state index >= 15 is 0 Å². The van der Waals surface area contributed by atoms with Gasteiger partial charge in [-0.3, -0.25) is 9.69 Å². The van der Waals surface area contributed by atoms with Crippen LogP contribution in [-0.4, -0.2) is 62.0 Å². The van der Waals surface area contributed by atoms with Crippen molar-refractivity contribution in [3.8, 4) is 0 Å². The Morgan fingerprint density at radius 3 is 2.26 bits per heavy atom. The Kier molecular flexibility index (Phi) is 7.57. The van der Waals surface area contributed by atoms with Gasteiger partial charge < -0.3 is 9.64 Å². The van der Waals surface area contributed by atoms with Crippen molar-refractivity contribution in [1.82, 2.24) is 9.80 Å². The van der Waals surface area contributed by atoms with E-state index in [4.69, 9.17) is 4.74 Å². The van der Waals surface area contributed by atoms with E-state index in [0.29, 0.717) is 6.42 Å². The van der Waals surface area contributed by atoms with E-state index in [2.05, 4.69) is 34.1 Å². The summed E-state index contributed by atoms with van der Waals surface area (Å²) in [6.45, 7) is 5.92. The number of nitrogens with zero attached hydrogens (tertiary/aromatic N) is 2. The molecule has 4 heteroatoms. The molecule has 1 aliphatic heterocycles. The Bertz CT molecular complexity index is 690. The minimum Gasteiger partial charge on any atom is -0.375 e. The van der Waals surface area contributed by atoms with Gasteiger partial charge in [-0.15, -0.1) is 0 Å². The molecule has 1 atom stereocenters. The summed E-state index contributed by atoms with van der Waals surface area (Å²) in [7, 11) is 1.79. The van der Waals surface area contributed by atoms with Crippen LogP contribution in [0.2, 0.25) is 0 Å². The first kappa shape index (κ1) is 19.7. The minimum atomic E-state index is 0.109. The second-order valence-electron chi connectivity index (χ2n) is 7.17. The van der Waals surface area contributed by atoms with Gasteiger partial charge in [0, 0.05) is 45.3 Å². The fraction of sp³-hybridized carbons (Fsp3) is 0.435. The molecule has 1 fully saturated rings. The highest BCUT2D eigenvalue weighted by molar-refractivity contribution is 5.96. The van der Waals surface area contributed by atoms with Gasteiger partial charge in [-0.25, -0.2) is 0 Å². The zero-order chi connectivity index (χ0) is 18.9. The van der Waals surface area contributed by atoms with E-state index < -0.39 is 0 Å². The van der Waals surface area contributed by atoms with E-state index in [9.17, 15) is 4.79 Å². The molecule has 1 heterocycles. The largest absolute Gasteiger partial charge is 0.375 e. The van der Waals surface area contributed by atoms with Crippen molar-refractivity contribution in [3.63, 3.8) is 0 Å². The molecule has 0 aliphatic carbocycles. The number of ketones is 1. The van der Waals surface area contributed by atoms with Crippen LogP contribution >= 0.6 is 0 Å². The first-order valence-electron chi connectivity index (χ1n) is 9.87. The Balaban J connectivity index is 1.46. The topological polar surface area (TPSA) is 32.8 Å². The van der Waals surface area contributed by atoms with Crippen LogP contribution in [-0.2, 0) is 4.74 Å². The van der Waals surface area contributed by atoms with Gasteiger partial charge in [0.2, 0.25) is 0 Å². The third kappa shape index (κ3) is 5.99. The van der Waals surface area contributed by atoms with Crippen molar-refractivity contribution in [2.24, 2.45) is 0 Å². The first-order chi connectivity index (χ1) is 13.3. The van der Waals surface area contributed by atoms with Crippen LogP contribution in [0.25, 0.3) is 0 Å². The number of benzene rings is 2. The molecular weight excluding hydrogens is 336 g/mol. The molecule has 0 aromatic heterocycles. The van der Waals surface area contributed by atoms with E-state index in [1.807, 2.05) is 36.4 Å². The summed E-state index contributed by atoms with van der Waals surface area (Å²) < 4.78 is 5.73. The normalized spacial score (nSPS) is 17.4. The van der Waals surface area contributed by atoms with Crippen LogP contribution in [0.15, 0.2) is 60.7 Å². The Morgan fingerprint density at radius 2 is 1.56 bits per heavy atom. The fourth-order valence-electron chi connectivity index (χ4n) is 3.68. The number of hydrogen-bond donors (Lipinski definition) is 0. The van der Waals surface area contributed by atoms with Gasteiger partial charge in [-0.2, -0.15) is 0 Å². The lowest BCUT2D eigenvalue weighted by molar-refractivity contribution is 0.0645. The molecule has 1 aliphatic rings. The lowest BCUT2D eigenvalue weighted by Gasteiger charge is -2.26. The van der Waals surface area contributed by atoms with E-state index in [1.54, 1.807) is 7.11 Å². The Morgan fingerprint density at radius 1 is 0.926 bits per heavy atom. The molecule has 3 rings (SSSR count). The Hall–Kier alpha value is -2.01. The quantitative estimate of drug-likeness (QED) is 0.668. The summed E-state index contributed by atoms with van der Waals surface area (Å²) in [4.78, 5) is 17.2. The van der Waals surface area contributed by atoms with Crippen LogP contribution in [0.4, 0.5) is 0 Å². The molecule has 2 aromatic rings. The lowest BCUT2D eigenvalue weighted by Crippen LogP contribution is -2.34. The molecule has 0 saturated carbocycles. The van der Waals surface area contributed by atoms with Crippen LogP contribution < -0.4 is 0 Å². The smallest absolute Gasteiger partial charge is 0.164 e. The maximum atomic E-state index is 12.3. The summed E-state index contributed by atoms with van der Waals surface area (Å²) in [6, 6.07) is 20.0. The summed E-state index contributed by atoms with van der Waals surface area (Å²) in [6.07, 6.45) is 1.83. The zero-order valence-corrected chi connectivity index (χ0v) is 16.2. The van der Waals surface area contributed by atoms with Crippen LogP contribution in [0.5, 0.6) is 0 Å². The average Bonchev–Trinajstić information content (AvgIpc) is 2.96. The molecule has 0 N–H and O–H groups in total. The zero-order valence-electron chi connectivity index (χ0n) is 16.2. The van der Waals surface area contributed by atoms with Crippen molar-refractivity contribution in [3.05, 3.63) is 71.8 Å². The molecule has 0 bridgehead atoms. The maximum absolute atomic E-state index is 12.3. The van der Waals surface area contributed by atoms with Gasteiger partial charge in [0.1, 0.15) is 0 Å². The molecule has 0 spiro atoms. The number of carbonyl (C=O) groups is 1. The summed E-state index contributed by atoms with van der Waals surface area (Å²) >= 11 is 0. The van der Waals surface area contributed by atoms with E-state index in [-0.39, 0.29) is 11.9 Å². The molecule has 27 heavy (non-hydrogen) atoms. The van der Waals surface area contributed by atoms with Gasteiger partial charge in [-0.05, 0) is 25.1 Å². The second kappa shape index (κ2) is 10.4. The van der Waals surface area contributed by atoms with Crippen molar-refractivity contribution < 1.29 is 9.53 Å². The third-order valence-electron chi connectivity index (χ3n) is 5.31. The predicted octanol–water partition coefficient (Wildman–Crippen LogP) is 3.65. The summed E-state index contributed by atoms with van der Waals surface area (Å²) in [5.41, 5.74) is 2.05. The van der Waals surface area contributed by atoms with E-state index in [0.717, 1.165) is 51.3 Å². The monoisotopic (exact) mass is 366 g/mol. The Labute approximate surface area is 162 Å². The van der Waals surface area contributed by atoms with Crippen LogP contribution in [0, 0.1) is 0 Å². The van der Waals surface area contributed by atoms with Crippen molar-refractivity contribution in [2.75, 3.05) is 46.4 Å². The maximum Gasteiger partial charge on any atom is 0.164 e. The standard InChI is InChI=1S/C23H30N2O2/c1-27-23(21-11-6-3-7-12-21)19-25-15-8-14-24(17-18-25)16-13-22(26)20-9-4-2-5-10-20/h2-7,9-12,23H,8,13-19H2,1H3. The number of methoxy groups -OCH3 is 1. The molecule has 0 amide bonds. The van der Waals surface area contributed by atoms with Crippen molar-refractivity contribution in [1.29, 1.82) is 0 Å². The average molecular weight is 367 g/mol. The molecule has 4 nitrogen and oxygen atoms in total. The number of Topliss-reactive ketones (excluding diaryl/α,β-unsaturated/α-hetero) is 1. The molecule has 144 valence electrons. The van der Waals surface area contributed by atoms with Crippen molar-refractivity contribution >= 4 is 5.78 Å². The number of hydrogen-bond acceptors (Lipinski definition) is 4. The first-order valence-corrected chi connectivity index (χ1v) is 9.87. The molecular formula is C23H30N2O2. The molecule has 1 unspecified atom stereocenters. The summed E-state index contributed by atoms with van der Waals surface area (Å²) in [5.74, 6) is 0.236. The number of ether oxygens (including phenoxy) is 1. The lowest BCUT2D eigenvalue weighted by atomic mass is 10.1. The summed E-state index contributed by atoms with van der Waals surface area (Å²) in [5, 5.41) is 0. The van der Waals surface area contributed by atoms with Gasteiger partial charge in [0.15, 0.2) is 5.78 Å².